The van der Waals surface area contributed by atoms with Crippen LogP contribution in [0.5, 0.6) is 0 Å². The molecule has 0 spiro atoms. The number of carbonyl (C=O) groups is 1. The second-order valence-corrected chi connectivity index (χ2v) is 5.33. The van der Waals surface area contributed by atoms with E-state index in [0.717, 1.165) is 10.1 Å². The molecule has 15 heavy (non-hydrogen) atoms. The number of anilines is 1. The largest absolute Gasteiger partial charge is 0.481 e. The standard InChI is InChI=1S/C9H15N3O2S/c1-9(2,3)10-8-12-11-6(15-8)4-5-7(13)14/h4-5H2,1-3H3,(H,10,12)(H,13,14). The predicted molar refractivity (Wildman–Crippen MR) is 59.2 cm³/mol. The van der Waals surface area contributed by atoms with Crippen molar-refractivity contribution in [3.8, 4) is 0 Å². The molecule has 0 aliphatic carbocycles. The van der Waals surface area contributed by atoms with Crippen LogP contribution >= 0.6 is 11.3 Å². The lowest BCUT2D eigenvalue weighted by Gasteiger charge is -2.18. The number of aryl methyl sites for hydroxylation is 1. The van der Waals surface area contributed by atoms with E-state index < -0.39 is 5.97 Å². The summed E-state index contributed by atoms with van der Waals surface area (Å²) in [4.78, 5) is 10.3. The molecule has 0 saturated heterocycles. The van der Waals surface area contributed by atoms with Gasteiger partial charge in [-0.3, -0.25) is 4.79 Å². The van der Waals surface area contributed by atoms with Crippen molar-refractivity contribution in [1.82, 2.24) is 10.2 Å². The second kappa shape index (κ2) is 4.57. The van der Waals surface area contributed by atoms with E-state index >= 15 is 0 Å². The average molecular weight is 229 g/mol. The summed E-state index contributed by atoms with van der Waals surface area (Å²) in [5.41, 5.74) is -0.0520. The van der Waals surface area contributed by atoms with Crippen molar-refractivity contribution < 1.29 is 9.90 Å². The summed E-state index contributed by atoms with van der Waals surface area (Å²) < 4.78 is 0. The minimum absolute atomic E-state index is 0.0520. The third-order valence-electron chi connectivity index (χ3n) is 1.50. The van der Waals surface area contributed by atoms with Crippen LogP contribution in [0.25, 0.3) is 0 Å². The first-order valence-electron chi connectivity index (χ1n) is 4.69. The molecule has 0 aromatic carbocycles. The number of carboxylic acids is 1. The van der Waals surface area contributed by atoms with E-state index in [4.69, 9.17) is 5.11 Å². The molecule has 1 rings (SSSR count). The molecule has 1 aromatic rings. The quantitative estimate of drug-likeness (QED) is 0.823. The molecule has 6 heteroatoms. The van der Waals surface area contributed by atoms with Crippen LogP contribution in [0.4, 0.5) is 5.13 Å². The highest BCUT2D eigenvalue weighted by Crippen LogP contribution is 2.20. The van der Waals surface area contributed by atoms with Crippen LogP contribution in [-0.4, -0.2) is 26.8 Å². The fourth-order valence-electron chi connectivity index (χ4n) is 0.940. The zero-order valence-corrected chi connectivity index (χ0v) is 9.89. The first kappa shape index (κ1) is 11.9. The SMILES string of the molecule is CC(C)(C)Nc1nnc(CCC(=O)O)s1. The van der Waals surface area contributed by atoms with Gasteiger partial charge in [-0.2, -0.15) is 0 Å². The van der Waals surface area contributed by atoms with Crippen molar-refractivity contribution in [2.75, 3.05) is 5.32 Å². The van der Waals surface area contributed by atoms with E-state index in [0.29, 0.717) is 6.42 Å². The smallest absolute Gasteiger partial charge is 0.303 e. The Labute approximate surface area is 92.5 Å². The molecule has 0 saturated carbocycles. The highest BCUT2D eigenvalue weighted by atomic mass is 32.1. The molecule has 0 fully saturated rings. The van der Waals surface area contributed by atoms with Gasteiger partial charge in [-0.1, -0.05) is 11.3 Å². The van der Waals surface area contributed by atoms with Gasteiger partial charge >= 0.3 is 5.97 Å². The molecule has 84 valence electrons. The Morgan fingerprint density at radius 2 is 2.13 bits per heavy atom. The van der Waals surface area contributed by atoms with Crippen LogP contribution in [0.3, 0.4) is 0 Å². The van der Waals surface area contributed by atoms with Crippen LogP contribution in [0.15, 0.2) is 0 Å². The number of nitrogens with one attached hydrogen (secondary N) is 1. The number of carboxylic acid groups (broad SMARTS) is 1. The molecular weight excluding hydrogens is 214 g/mol. The van der Waals surface area contributed by atoms with Gasteiger partial charge in [-0.25, -0.2) is 0 Å². The van der Waals surface area contributed by atoms with E-state index in [2.05, 4.69) is 15.5 Å². The van der Waals surface area contributed by atoms with Crippen molar-refractivity contribution in [2.24, 2.45) is 0 Å². The van der Waals surface area contributed by atoms with Crippen LogP contribution in [0, 0.1) is 0 Å². The van der Waals surface area contributed by atoms with Gasteiger partial charge < -0.3 is 10.4 Å². The van der Waals surface area contributed by atoms with Gasteiger partial charge in [0.15, 0.2) is 0 Å². The Hall–Kier alpha value is -1.17. The summed E-state index contributed by atoms with van der Waals surface area (Å²) in [5, 5.41) is 21.0. The van der Waals surface area contributed by atoms with Gasteiger partial charge in [-0.15, -0.1) is 10.2 Å². The number of hydrogen-bond acceptors (Lipinski definition) is 5. The lowest BCUT2D eigenvalue weighted by molar-refractivity contribution is -0.136. The Morgan fingerprint density at radius 1 is 1.47 bits per heavy atom. The highest BCUT2D eigenvalue weighted by Gasteiger charge is 2.13. The monoisotopic (exact) mass is 229 g/mol. The van der Waals surface area contributed by atoms with E-state index in [1.54, 1.807) is 0 Å². The second-order valence-electron chi connectivity index (χ2n) is 4.27. The van der Waals surface area contributed by atoms with Crippen LogP contribution < -0.4 is 5.32 Å². The van der Waals surface area contributed by atoms with E-state index in [1.807, 2.05) is 20.8 Å². The maximum absolute atomic E-state index is 10.3. The van der Waals surface area contributed by atoms with Crippen molar-refractivity contribution in [3.63, 3.8) is 0 Å². The molecule has 0 amide bonds. The summed E-state index contributed by atoms with van der Waals surface area (Å²) in [6.45, 7) is 6.10. The number of rotatable bonds is 4. The van der Waals surface area contributed by atoms with E-state index in [1.165, 1.54) is 11.3 Å². The Morgan fingerprint density at radius 3 is 2.67 bits per heavy atom. The molecule has 1 heterocycles. The summed E-state index contributed by atoms with van der Waals surface area (Å²) in [6, 6.07) is 0. The minimum Gasteiger partial charge on any atom is -0.481 e. The number of hydrogen-bond donors (Lipinski definition) is 2. The molecule has 0 unspecified atom stereocenters. The van der Waals surface area contributed by atoms with Crippen LogP contribution in [0.2, 0.25) is 0 Å². The Balaban J connectivity index is 2.53. The Bertz CT molecular complexity index is 343. The van der Waals surface area contributed by atoms with Gasteiger partial charge in [0.05, 0.1) is 6.42 Å². The van der Waals surface area contributed by atoms with Crippen LogP contribution in [0.1, 0.15) is 32.2 Å². The van der Waals surface area contributed by atoms with E-state index in [9.17, 15) is 4.79 Å². The molecule has 1 aromatic heterocycles. The van der Waals surface area contributed by atoms with Gasteiger partial charge in [-0.05, 0) is 20.8 Å². The zero-order valence-electron chi connectivity index (χ0n) is 9.07. The topological polar surface area (TPSA) is 75.1 Å². The predicted octanol–water partition coefficient (Wildman–Crippen LogP) is 1.77. The summed E-state index contributed by atoms with van der Waals surface area (Å²) in [6.07, 6.45) is 0.545. The first-order chi connectivity index (χ1) is 6.87. The third-order valence-corrected chi connectivity index (χ3v) is 2.40. The van der Waals surface area contributed by atoms with Crippen molar-refractivity contribution in [2.45, 2.75) is 39.2 Å². The molecule has 2 N–H and O–H groups in total. The van der Waals surface area contributed by atoms with E-state index in [-0.39, 0.29) is 12.0 Å². The lowest BCUT2D eigenvalue weighted by atomic mass is 10.1. The zero-order chi connectivity index (χ0) is 11.5. The maximum atomic E-state index is 10.3. The summed E-state index contributed by atoms with van der Waals surface area (Å²) in [5.74, 6) is -0.810. The molecule has 0 atom stereocenters. The number of nitrogens with zero attached hydrogens (tertiary/aromatic N) is 2. The molecular formula is C9H15N3O2S. The van der Waals surface area contributed by atoms with Gasteiger partial charge in [0, 0.05) is 12.0 Å². The maximum Gasteiger partial charge on any atom is 0.303 e. The molecule has 0 aliphatic rings. The fraction of sp³-hybridized carbons (Fsp3) is 0.667. The lowest BCUT2D eigenvalue weighted by Crippen LogP contribution is -2.25. The highest BCUT2D eigenvalue weighted by molar-refractivity contribution is 7.15. The fourth-order valence-corrected chi connectivity index (χ4v) is 1.89. The normalized spacial score (nSPS) is 11.4. The molecule has 0 aliphatic heterocycles. The first-order valence-corrected chi connectivity index (χ1v) is 5.51. The molecule has 0 radical (unpaired) electrons. The van der Waals surface area contributed by atoms with Crippen LogP contribution in [-0.2, 0) is 11.2 Å². The number of aliphatic carboxylic acids is 1. The van der Waals surface area contributed by atoms with Crippen molar-refractivity contribution >= 4 is 22.4 Å². The van der Waals surface area contributed by atoms with Crippen molar-refractivity contribution in [1.29, 1.82) is 0 Å². The minimum atomic E-state index is -0.810. The van der Waals surface area contributed by atoms with Crippen molar-refractivity contribution in [3.05, 3.63) is 5.01 Å². The van der Waals surface area contributed by atoms with Gasteiger partial charge in [0.25, 0.3) is 0 Å². The summed E-state index contributed by atoms with van der Waals surface area (Å²) in [7, 11) is 0. The molecule has 0 bridgehead atoms. The van der Waals surface area contributed by atoms with Gasteiger partial charge in [0.2, 0.25) is 5.13 Å². The van der Waals surface area contributed by atoms with Gasteiger partial charge in [0.1, 0.15) is 5.01 Å². The Kier molecular flexibility index (Phi) is 3.62. The number of aromatic nitrogens is 2. The molecule has 5 nitrogen and oxygen atoms in total. The summed E-state index contributed by atoms with van der Waals surface area (Å²) >= 11 is 1.41. The third kappa shape index (κ3) is 4.73. The average Bonchev–Trinajstić information content (AvgIpc) is 2.45.